The number of halogens is 1. The summed E-state index contributed by atoms with van der Waals surface area (Å²) in [6, 6.07) is 9.51. The van der Waals surface area contributed by atoms with E-state index in [0.717, 1.165) is 24.8 Å². The average Bonchev–Trinajstić information content (AvgIpc) is 3.75. The summed E-state index contributed by atoms with van der Waals surface area (Å²) in [5.74, 6) is 3.56. The van der Waals surface area contributed by atoms with E-state index in [1.807, 2.05) is 19.9 Å². The van der Waals surface area contributed by atoms with Gasteiger partial charge in [0.25, 0.3) is 0 Å². The number of ether oxygens (including phenoxy) is 2. The van der Waals surface area contributed by atoms with Crippen molar-refractivity contribution in [2.75, 3.05) is 38.2 Å². The van der Waals surface area contributed by atoms with E-state index >= 15 is 4.39 Å². The zero-order valence-corrected chi connectivity index (χ0v) is 26.6. The van der Waals surface area contributed by atoms with Crippen LogP contribution < -0.4 is 9.64 Å². The lowest BCUT2D eigenvalue weighted by atomic mass is 9.96. The van der Waals surface area contributed by atoms with Crippen LogP contribution in [-0.4, -0.2) is 76.5 Å². The number of morpholine rings is 1. The lowest BCUT2D eigenvalue weighted by molar-refractivity contribution is 0.0303. The molecule has 4 aromatic rings. The molecule has 0 spiro atoms. The van der Waals surface area contributed by atoms with E-state index in [9.17, 15) is 5.11 Å². The van der Waals surface area contributed by atoms with Crippen LogP contribution in [0.25, 0.3) is 32.9 Å². The predicted octanol–water partition coefficient (Wildman–Crippen LogP) is 6.56. The van der Waals surface area contributed by atoms with Crippen LogP contribution in [0.15, 0.2) is 36.5 Å². The van der Waals surface area contributed by atoms with Crippen LogP contribution in [0, 0.1) is 24.1 Å². The summed E-state index contributed by atoms with van der Waals surface area (Å²) < 4.78 is 27.4. The Morgan fingerprint density at radius 2 is 1.87 bits per heavy atom. The first kappa shape index (κ1) is 31.0. The number of phenols is 1. The highest BCUT2D eigenvalue weighted by Gasteiger charge is 2.36. The Kier molecular flexibility index (Phi) is 9.06. The minimum Gasteiger partial charge on any atom is -0.508 e. The van der Waals surface area contributed by atoms with Crippen LogP contribution in [-0.2, 0) is 4.74 Å². The van der Waals surface area contributed by atoms with Gasteiger partial charge in [0.15, 0.2) is 5.82 Å². The van der Waals surface area contributed by atoms with Gasteiger partial charge >= 0.3 is 6.01 Å². The molecule has 0 aliphatic carbocycles. The SMILES string of the molecule is C#Cc1cccc2cc(O)cc(-c3ncc4c(N5CC6CCC(C5)O6)nc(OC)nc4c3F)c12.CC.CC1CC2CCCN2C1. The van der Waals surface area contributed by atoms with Gasteiger partial charge in [-0.3, -0.25) is 4.98 Å². The van der Waals surface area contributed by atoms with Crippen molar-refractivity contribution in [3.8, 4) is 35.4 Å². The molecule has 0 saturated carbocycles. The Bertz CT molecular complexity index is 1720. The third kappa shape index (κ3) is 6.01. The molecule has 4 atom stereocenters. The number of hydrogen-bond acceptors (Lipinski definition) is 8. The van der Waals surface area contributed by atoms with Gasteiger partial charge < -0.3 is 24.4 Å². The van der Waals surface area contributed by atoms with Crippen molar-refractivity contribution in [1.82, 2.24) is 19.9 Å². The molecule has 4 saturated heterocycles. The summed E-state index contributed by atoms with van der Waals surface area (Å²) in [4.78, 5) is 18.1. The van der Waals surface area contributed by atoms with Gasteiger partial charge in [-0.25, -0.2) is 4.39 Å². The number of pyridine rings is 1. The maximum absolute atomic E-state index is 16.1. The first-order valence-corrected chi connectivity index (χ1v) is 16.2. The molecule has 9 heteroatoms. The monoisotopic (exact) mass is 611 g/mol. The van der Waals surface area contributed by atoms with Crippen molar-refractivity contribution in [2.45, 2.75) is 71.1 Å². The molecular formula is C36H42FN5O3. The molecule has 4 fully saturated rings. The standard InChI is InChI=1S/C26H21FN4O3.C8H15N.C2H6/c1-3-14-5-4-6-15-9-16(32)10-19(21(14)15)23-22(27)24-20(11-28-23)25(30-26(29-24)33-2)31-12-17-7-8-18(13-31)34-17;1-7-5-8-3-2-4-9(8)6-7;1-2/h1,4-6,9-11,17-18,32H,7-8,12-13H2,2H3;7-8H,2-6H2,1H3;1-2H3. The zero-order chi connectivity index (χ0) is 31.7. The van der Waals surface area contributed by atoms with Gasteiger partial charge in [-0.15, -0.1) is 6.42 Å². The maximum Gasteiger partial charge on any atom is 0.318 e. The van der Waals surface area contributed by atoms with Gasteiger partial charge in [-0.1, -0.05) is 38.8 Å². The summed E-state index contributed by atoms with van der Waals surface area (Å²) in [7, 11) is 1.45. The molecule has 4 unspecified atom stereocenters. The van der Waals surface area contributed by atoms with Gasteiger partial charge in [0.05, 0.1) is 24.7 Å². The Morgan fingerprint density at radius 3 is 2.58 bits per heavy atom. The number of benzene rings is 2. The molecular weight excluding hydrogens is 569 g/mol. The molecule has 236 valence electrons. The number of nitrogens with zero attached hydrogens (tertiary/aromatic N) is 5. The minimum atomic E-state index is -0.630. The summed E-state index contributed by atoms with van der Waals surface area (Å²) in [6.45, 7) is 10.5. The number of fused-ring (bicyclic) bond motifs is 5. The van der Waals surface area contributed by atoms with Crippen molar-refractivity contribution in [1.29, 1.82) is 0 Å². The molecule has 2 aromatic carbocycles. The summed E-state index contributed by atoms with van der Waals surface area (Å²) in [6.07, 6.45) is 14.0. The molecule has 4 aliphatic heterocycles. The smallest absolute Gasteiger partial charge is 0.318 e. The van der Waals surface area contributed by atoms with Crippen molar-refractivity contribution >= 4 is 27.5 Å². The fourth-order valence-electron chi connectivity index (χ4n) is 7.39. The molecule has 8 rings (SSSR count). The van der Waals surface area contributed by atoms with E-state index in [4.69, 9.17) is 15.9 Å². The predicted molar refractivity (Wildman–Crippen MR) is 176 cm³/mol. The van der Waals surface area contributed by atoms with Crippen LogP contribution >= 0.6 is 0 Å². The normalized spacial score (nSPS) is 23.6. The molecule has 8 nitrogen and oxygen atoms in total. The largest absolute Gasteiger partial charge is 0.508 e. The van der Waals surface area contributed by atoms with Crippen LogP contribution in [0.1, 0.15) is 58.4 Å². The number of rotatable bonds is 3. The van der Waals surface area contributed by atoms with E-state index in [1.54, 1.807) is 24.4 Å². The molecule has 45 heavy (non-hydrogen) atoms. The van der Waals surface area contributed by atoms with Gasteiger partial charge in [0.1, 0.15) is 22.8 Å². The number of terminal acetylenes is 1. The highest BCUT2D eigenvalue weighted by molar-refractivity contribution is 6.02. The summed E-state index contributed by atoms with van der Waals surface area (Å²) in [5, 5.41) is 12.1. The van der Waals surface area contributed by atoms with Crippen LogP contribution in [0.5, 0.6) is 11.8 Å². The van der Waals surface area contributed by atoms with Crippen molar-refractivity contribution in [3.05, 3.63) is 47.9 Å². The Morgan fingerprint density at radius 1 is 1.09 bits per heavy atom. The lowest BCUT2D eigenvalue weighted by Gasteiger charge is -2.33. The van der Waals surface area contributed by atoms with Gasteiger partial charge in [0, 0.05) is 48.4 Å². The second-order valence-electron chi connectivity index (χ2n) is 12.3. The molecule has 2 bridgehead atoms. The fraction of sp³-hybridized carbons (Fsp3) is 0.472. The van der Waals surface area contributed by atoms with E-state index in [-0.39, 0.29) is 35.2 Å². The molecule has 4 aliphatic rings. The minimum absolute atomic E-state index is 0.0114. The zero-order valence-electron chi connectivity index (χ0n) is 26.6. The number of aromatic hydroxyl groups is 1. The number of phenolic OH excluding ortho intramolecular Hbond substituents is 1. The lowest BCUT2D eigenvalue weighted by Crippen LogP contribution is -2.43. The van der Waals surface area contributed by atoms with E-state index in [0.29, 0.717) is 46.2 Å². The van der Waals surface area contributed by atoms with Gasteiger partial charge in [-0.05, 0) is 68.2 Å². The molecule has 1 N–H and O–H groups in total. The van der Waals surface area contributed by atoms with Crippen molar-refractivity contribution < 1.29 is 19.0 Å². The first-order chi connectivity index (χ1) is 21.9. The number of anilines is 1. The van der Waals surface area contributed by atoms with Crippen LogP contribution in [0.4, 0.5) is 10.2 Å². The van der Waals surface area contributed by atoms with Crippen LogP contribution in [0.3, 0.4) is 0 Å². The summed E-state index contributed by atoms with van der Waals surface area (Å²) in [5.41, 5.74) is 1.12. The highest BCUT2D eigenvalue weighted by atomic mass is 19.1. The first-order valence-electron chi connectivity index (χ1n) is 16.2. The third-order valence-corrected chi connectivity index (χ3v) is 9.26. The fourth-order valence-corrected chi connectivity index (χ4v) is 7.39. The van der Waals surface area contributed by atoms with E-state index < -0.39 is 5.82 Å². The second kappa shape index (κ2) is 13.2. The average molecular weight is 612 g/mol. The maximum atomic E-state index is 16.1. The molecule has 0 radical (unpaired) electrons. The number of hydrogen-bond donors (Lipinski definition) is 1. The quantitative estimate of drug-likeness (QED) is 0.261. The van der Waals surface area contributed by atoms with Crippen molar-refractivity contribution in [3.63, 3.8) is 0 Å². The Balaban J connectivity index is 0.000000275. The summed E-state index contributed by atoms with van der Waals surface area (Å²) >= 11 is 0. The van der Waals surface area contributed by atoms with Crippen molar-refractivity contribution in [2.24, 2.45) is 5.92 Å². The molecule has 2 aromatic heterocycles. The molecule has 0 amide bonds. The number of methoxy groups -OCH3 is 1. The Hall–Kier alpha value is -4.00. The topological polar surface area (TPSA) is 83.8 Å². The highest BCUT2D eigenvalue weighted by Crippen LogP contribution is 2.39. The second-order valence-corrected chi connectivity index (χ2v) is 12.3. The Labute approximate surface area is 264 Å². The third-order valence-electron chi connectivity index (χ3n) is 9.26. The van der Waals surface area contributed by atoms with E-state index in [2.05, 4.69) is 37.6 Å². The van der Waals surface area contributed by atoms with Gasteiger partial charge in [-0.2, -0.15) is 9.97 Å². The number of aromatic nitrogens is 3. The van der Waals surface area contributed by atoms with Gasteiger partial charge in [0.2, 0.25) is 0 Å². The molecule has 6 heterocycles. The van der Waals surface area contributed by atoms with Crippen LogP contribution in [0.2, 0.25) is 0 Å². The van der Waals surface area contributed by atoms with E-state index in [1.165, 1.54) is 45.5 Å².